The maximum Gasteiger partial charge on any atom is 0.407 e. The average molecular weight is 197 g/mol. The standard InChI is InChI=1S/C11H19NO2/c1-14-11(13)12-10-6-8-3-2-4-9(5-8)7-10/h8-10H,2-7H2,1H3,(H,12,13). The van der Waals surface area contributed by atoms with Gasteiger partial charge in [-0.2, -0.15) is 0 Å². The number of amides is 1. The normalized spacial score (nSPS) is 36.2. The highest BCUT2D eigenvalue weighted by molar-refractivity contribution is 5.67. The van der Waals surface area contributed by atoms with Crippen molar-refractivity contribution < 1.29 is 9.53 Å². The van der Waals surface area contributed by atoms with Crippen LogP contribution in [0, 0.1) is 11.8 Å². The van der Waals surface area contributed by atoms with Crippen LogP contribution in [-0.2, 0) is 4.74 Å². The Morgan fingerprint density at radius 3 is 2.43 bits per heavy atom. The molecule has 1 N–H and O–H groups in total. The van der Waals surface area contributed by atoms with Gasteiger partial charge < -0.3 is 10.1 Å². The van der Waals surface area contributed by atoms with Gasteiger partial charge in [0.05, 0.1) is 7.11 Å². The van der Waals surface area contributed by atoms with Gasteiger partial charge in [0.25, 0.3) is 0 Å². The summed E-state index contributed by atoms with van der Waals surface area (Å²) in [6, 6.07) is 0.367. The van der Waals surface area contributed by atoms with Gasteiger partial charge in [0, 0.05) is 6.04 Å². The summed E-state index contributed by atoms with van der Waals surface area (Å²) < 4.78 is 4.63. The Labute approximate surface area is 85.2 Å². The molecule has 2 fully saturated rings. The zero-order valence-corrected chi connectivity index (χ0v) is 8.79. The van der Waals surface area contributed by atoms with Crippen LogP contribution in [0.4, 0.5) is 4.79 Å². The van der Waals surface area contributed by atoms with Crippen LogP contribution in [0.5, 0.6) is 0 Å². The minimum absolute atomic E-state index is 0.269. The van der Waals surface area contributed by atoms with Crippen LogP contribution in [0.1, 0.15) is 38.5 Å². The summed E-state index contributed by atoms with van der Waals surface area (Å²) in [4.78, 5) is 11.1. The third kappa shape index (κ3) is 2.20. The van der Waals surface area contributed by atoms with Crippen LogP contribution >= 0.6 is 0 Å². The number of carbonyl (C=O) groups is 1. The van der Waals surface area contributed by atoms with Gasteiger partial charge in [-0.3, -0.25) is 0 Å². The van der Waals surface area contributed by atoms with Crippen LogP contribution in [0.2, 0.25) is 0 Å². The van der Waals surface area contributed by atoms with E-state index in [9.17, 15) is 4.79 Å². The number of fused-ring (bicyclic) bond motifs is 2. The zero-order valence-electron chi connectivity index (χ0n) is 8.79. The van der Waals surface area contributed by atoms with Crippen LogP contribution < -0.4 is 5.32 Å². The van der Waals surface area contributed by atoms with Gasteiger partial charge in [-0.25, -0.2) is 4.79 Å². The number of nitrogens with one attached hydrogen (secondary N) is 1. The lowest BCUT2D eigenvalue weighted by Gasteiger charge is -2.38. The highest BCUT2D eigenvalue weighted by Gasteiger charge is 2.32. The highest BCUT2D eigenvalue weighted by Crippen LogP contribution is 2.39. The molecule has 2 unspecified atom stereocenters. The Kier molecular flexibility index (Phi) is 2.94. The molecular weight excluding hydrogens is 178 g/mol. The van der Waals surface area contributed by atoms with Crippen molar-refractivity contribution in [3.63, 3.8) is 0 Å². The molecule has 0 aromatic carbocycles. The molecular formula is C11H19NO2. The van der Waals surface area contributed by atoms with E-state index < -0.39 is 0 Å². The predicted octanol–water partition coefficient (Wildman–Crippen LogP) is 2.31. The SMILES string of the molecule is COC(=O)NC1CC2CCCC(C2)C1. The van der Waals surface area contributed by atoms with Crippen molar-refractivity contribution in [1.82, 2.24) is 5.32 Å². The van der Waals surface area contributed by atoms with Crippen LogP contribution in [-0.4, -0.2) is 19.2 Å². The van der Waals surface area contributed by atoms with Crippen molar-refractivity contribution in [3.8, 4) is 0 Å². The summed E-state index contributed by atoms with van der Waals surface area (Å²) in [5, 5.41) is 2.94. The van der Waals surface area contributed by atoms with E-state index in [0.29, 0.717) is 6.04 Å². The predicted molar refractivity (Wildman–Crippen MR) is 54.0 cm³/mol. The molecule has 2 aliphatic carbocycles. The van der Waals surface area contributed by atoms with Gasteiger partial charge in [-0.05, 0) is 31.1 Å². The Hall–Kier alpha value is -0.730. The monoisotopic (exact) mass is 197 g/mol. The van der Waals surface area contributed by atoms with Crippen LogP contribution in [0.15, 0.2) is 0 Å². The van der Waals surface area contributed by atoms with E-state index in [1.165, 1.54) is 32.8 Å². The second kappa shape index (κ2) is 4.20. The van der Waals surface area contributed by atoms with Crippen molar-refractivity contribution in [2.45, 2.75) is 44.6 Å². The number of rotatable bonds is 1. The minimum Gasteiger partial charge on any atom is -0.453 e. The molecule has 0 heterocycles. The summed E-state index contributed by atoms with van der Waals surface area (Å²) in [5.74, 6) is 1.70. The fourth-order valence-corrected chi connectivity index (χ4v) is 3.07. The lowest BCUT2D eigenvalue weighted by atomic mass is 9.70. The molecule has 2 aliphatic rings. The molecule has 0 aliphatic heterocycles. The molecule has 0 aromatic rings. The number of carbonyl (C=O) groups excluding carboxylic acids is 1. The molecule has 2 saturated carbocycles. The molecule has 0 spiro atoms. The van der Waals surface area contributed by atoms with Crippen LogP contribution in [0.25, 0.3) is 0 Å². The molecule has 2 bridgehead atoms. The average Bonchev–Trinajstić information content (AvgIpc) is 2.17. The number of hydrogen-bond donors (Lipinski definition) is 1. The van der Waals surface area contributed by atoms with Crippen molar-refractivity contribution >= 4 is 6.09 Å². The summed E-state index contributed by atoms with van der Waals surface area (Å²) in [5.41, 5.74) is 0. The maximum absolute atomic E-state index is 11.1. The van der Waals surface area contributed by atoms with E-state index in [4.69, 9.17) is 0 Å². The van der Waals surface area contributed by atoms with E-state index in [-0.39, 0.29) is 6.09 Å². The van der Waals surface area contributed by atoms with Crippen LogP contribution in [0.3, 0.4) is 0 Å². The largest absolute Gasteiger partial charge is 0.453 e. The Morgan fingerprint density at radius 2 is 1.86 bits per heavy atom. The first-order valence-corrected chi connectivity index (χ1v) is 5.62. The molecule has 3 nitrogen and oxygen atoms in total. The third-order valence-corrected chi connectivity index (χ3v) is 3.63. The molecule has 3 heteroatoms. The molecule has 14 heavy (non-hydrogen) atoms. The smallest absolute Gasteiger partial charge is 0.407 e. The number of hydrogen-bond acceptors (Lipinski definition) is 2. The van der Waals surface area contributed by atoms with Crippen molar-refractivity contribution in [3.05, 3.63) is 0 Å². The van der Waals surface area contributed by atoms with Crippen molar-refractivity contribution in [1.29, 1.82) is 0 Å². The van der Waals surface area contributed by atoms with Gasteiger partial charge in [-0.1, -0.05) is 19.3 Å². The number of alkyl carbamates (subject to hydrolysis) is 1. The first kappa shape index (κ1) is 9.81. The van der Waals surface area contributed by atoms with Gasteiger partial charge >= 0.3 is 6.09 Å². The summed E-state index contributed by atoms with van der Waals surface area (Å²) in [7, 11) is 1.43. The zero-order chi connectivity index (χ0) is 9.97. The Bertz CT molecular complexity index is 205. The van der Waals surface area contributed by atoms with Gasteiger partial charge in [0.1, 0.15) is 0 Å². The van der Waals surface area contributed by atoms with E-state index in [1.807, 2.05) is 0 Å². The first-order chi connectivity index (χ1) is 6.78. The second-order valence-electron chi connectivity index (χ2n) is 4.70. The molecule has 80 valence electrons. The summed E-state index contributed by atoms with van der Waals surface area (Å²) in [6.07, 6.45) is 7.54. The fraction of sp³-hybridized carbons (Fsp3) is 0.909. The number of methoxy groups -OCH3 is 1. The third-order valence-electron chi connectivity index (χ3n) is 3.63. The van der Waals surface area contributed by atoms with Gasteiger partial charge in [0.2, 0.25) is 0 Å². The van der Waals surface area contributed by atoms with E-state index in [2.05, 4.69) is 10.1 Å². The Balaban J connectivity index is 1.86. The minimum atomic E-state index is -0.269. The van der Waals surface area contributed by atoms with Crippen molar-refractivity contribution in [2.75, 3.05) is 7.11 Å². The van der Waals surface area contributed by atoms with E-state index >= 15 is 0 Å². The molecule has 2 atom stereocenters. The lowest BCUT2D eigenvalue weighted by Crippen LogP contribution is -2.42. The quantitative estimate of drug-likeness (QED) is 0.700. The molecule has 0 aromatic heterocycles. The second-order valence-corrected chi connectivity index (χ2v) is 4.70. The van der Waals surface area contributed by atoms with E-state index in [0.717, 1.165) is 24.7 Å². The van der Waals surface area contributed by atoms with Gasteiger partial charge in [-0.15, -0.1) is 0 Å². The number of ether oxygens (including phenoxy) is 1. The molecule has 2 rings (SSSR count). The van der Waals surface area contributed by atoms with Crippen molar-refractivity contribution in [2.24, 2.45) is 11.8 Å². The highest BCUT2D eigenvalue weighted by atomic mass is 16.5. The lowest BCUT2D eigenvalue weighted by molar-refractivity contribution is 0.132. The fourth-order valence-electron chi connectivity index (χ4n) is 3.07. The maximum atomic E-state index is 11.1. The molecule has 0 saturated heterocycles. The first-order valence-electron chi connectivity index (χ1n) is 5.62. The van der Waals surface area contributed by atoms with E-state index in [1.54, 1.807) is 0 Å². The molecule has 1 amide bonds. The topological polar surface area (TPSA) is 38.3 Å². The summed E-state index contributed by atoms with van der Waals surface area (Å²) >= 11 is 0. The summed E-state index contributed by atoms with van der Waals surface area (Å²) in [6.45, 7) is 0. The molecule has 0 radical (unpaired) electrons. The Morgan fingerprint density at radius 1 is 1.21 bits per heavy atom. The van der Waals surface area contributed by atoms with Gasteiger partial charge in [0.15, 0.2) is 0 Å².